The van der Waals surface area contributed by atoms with Crippen LogP contribution in [-0.4, -0.2) is 55.2 Å². The summed E-state index contributed by atoms with van der Waals surface area (Å²) in [6.07, 6.45) is 2.18. The molecule has 0 saturated heterocycles. The van der Waals surface area contributed by atoms with Gasteiger partial charge in [0.15, 0.2) is 0 Å². The van der Waals surface area contributed by atoms with Gasteiger partial charge < -0.3 is 14.5 Å². The van der Waals surface area contributed by atoms with Crippen LogP contribution in [0.4, 0.5) is 0 Å². The molecule has 4 nitrogen and oxygen atoms in total. The van der Waals surface area contributed by atoms with E-state index in [0.717, 1.165) is 63.6 Å². The standard InChI is InChI=1S/C15H25N3O/c1-17-8-4-10-19-11-5-9-18(2)13-15-7-3-6-14(12-17)16-15/h3,6-7H,4-5,8-13H2,1-2H3. The number of rotatable bonds is 0. The van der Waals surface area contributed by atoms with Gasteiger partial charge in [-0.05, 0) is 39.1 Å². The van der Waals surface area contributed by atoms with Crippen LogP contribution in [-0.2, 0) is 17.8 Å². The normalized spacial score (nSPS) is 20.9. The maximum Gasteiger partial charge on any atom is 0.0547 e. The van der Waals surface area contributed by atoms with Crippen LogP contribution in [0, 0.1) is 0 Å². The Morgan fingerprint density at radius 1 is 0.947 bits per heavy atom. The smallest absolute Gasteiger partial charge is 0.0547 e. The van der Waals surface area contributed by atoms with Crippen molar-refractivity contribution in [3.63, 3.8) is 0 Å². The zero-order valence-corrected chi connectivity index (χ0v) is 12.1. The highest BCUT2D eigenvalue weighted by molar-refractivity contribution is 5.11. The number of hydrogen-bond donors (Lipinski definition) is 0. The molecule has 2 bridgehead atoms. The van der Waals surface area contributed by atoms with Crippen LogP contribution in [0.1, 0.15) is 24.2 Å². The van der Waals surface area contributed by atoms with Crippen molar-refractivity contribution in [2.24, 2.45) is 0 Å². The first-order chi connectivity index (χ1) is 9.24. The first-order valence-electron chi connectivity index (χ1n) is 7.14. The Kier molecular flexibility index (Phi) is 5.76. The van der Waals surface area contributed by atoms with Gasteiger partial charge in [-0.2, -0.15) is 0 Å². The van der Waals surface area contributed by atoms with Gasteiger partial charge in [0.1, 0.15) is 0 Å². The van der Waals surface area contributed by atoms with Crippen molar-refractivity contribution in [2.75, 3.05) is 40.4 Å². The molecule has 0 fully saturated rings. The fourth-order valence-electron chi connectivity index (χ4n) is 2.39. The Labute approximate surface area is 116 Å². The largest absolute Gasteiger partial charge is 0.381 e. The Bertz CT molecular complexity index is 352. The highest BCUT2D eigenvalue weighted by atomic mass is 16.5. The second-order valence-corrected chi connectivity index (χ2v) is 5.42. The maximum absolute atomic E-state index is 5.66. The van der Waals surface area contributed by atoms with Crippen LogP contribution >= 0.6 is 0 Å². The lowest BCUT2D eigenvalue weighted by molar-refractivity contribution is 0.112. The topological polar surface area (TPSA) is 28.6 Å². The van der Waals surface area contributed by atoms with E-state index in [1.165, 1.54) is 0 Å². The van der Waals surface area contributed by atoms with Gasteiger partial charge in [-0.3, -0.25) is 4.98 Å². The highest BCUT2D eigenvalue weighted by Crippen LogP contribution is 2.06. The number of aromatic nitrogens is 1. The number of hydrogen-bond acceptors (Lipinski definition) is 4. The molecule has 106 valence electrons. The van der Waals surface area contributed by atoms with Crippen molar-refractivity contribution in [1.82, 2.24) is 14.8 Å². The average Bonchev–Trinajstić information content (AvgIpc) is 2.37. The van der Waals surface area contributed by atoms with Crippen molar-refractivity contribution in [3.05, 3.63) is 29.6 Å². The van der Waals surface area contributed by atoms with Crippen LogP contribution in [0.3, 0.4) is 0 Å². The summed E-state index contributed by atoms with van der Waals surface area (Å²) in [6.45, 7) is 5.68. The molecule has 0 radical (unpaired) electrons. The fraction of sp³-hybridized carbons (Fsp3) is 0.667. The van der Waals surface area contributed by atoms with Crippen molar-refractivity contribution in [1.29, 1.82) is 0 Å². The number of ether oxygens (including phenoxy) is 1. The van der Waals surface area contributed by atoms with Gasteiger partial charge in [0.2, 0.25) is 0 Å². The third-order valence-electron chi connectivity index (χ3n) is 3.39. The molecule has 0 N–H and O–H groups in total. The van der Waals surface area contributed by atoms with Crippen molar-refractivity contribution < 1.29 is 4.74 Å². The summed E-state index contributed by atoms with van der Waals surface area (Å²) in [5, 5.41) is 0. The van der Waals surface area contributed by atoms with Crippen LogP contribution < -0.4 is 0 Å². The van der Waals surface area contributed by atoms with E-state index in [2.05, 4.69) is 42.1 Å². The van der Waals surface area contributed by atoms with Gasteiger partial charge in [0.05, 0.1) is 11.4 Å². The van der Waals surface area contributed by atoms with Crippen LogP contribution in [0.15, 0.2) is 18.2 Å². The summed E-state index contributed by atoms with van der Waals surface area (Å²) in [5.74, 6) is 0. The Hall–Kier alpha value is -0.970. The molecule has 0 aliphatic carbocycles. The lowest BCUT2D eigenvalue weighted by Gasteiger charge is -2.20. The van der Waals surface area contributed by atoms with Crippen LogP contribution in [0.5, 0.6) is 0 Å². The maximum atomic E-state index is 5.66. The summed E-state index contributed by atoms with van der Waals surface area (Å²) >= 11 is 0. The first kappa shape index (κ1) is 14.4. The summed E-state index contributed by atoms with van der Waals surface area (Å²) in [7, 11) is 4.29. The summed E-state index contributed by atoms with van der Waals surface area (Å²) < 4.78 is 5.66. The molecule has 0 spiro atoms. The lowest BCUT2D eigenvalue weighted by Crippen LogP contribution is -2.24. The third kappa shape index (κ3) is 5.27. The minimum atomic E-state index is 0.863. The molecule has 1 aliphatic heterocycles. The molecule has 4 heteroatoms. The molecule has 1 aliphatic rings. The summed E-state index contributed by atoms with van der Waals surface area (Å²) in [4.78, 5) is 9.37. The van der Waals surface area contributed by atoms with E-state index in [4.69, 9.17) is 9.72 Å². The predicted octanol–water partition coefficient (Wildman–Crippen LogP) is 1.76. The summed E-state index contributed by atoms with van der Waals surface area (Å²) in [6, 6.07) is 6.35. The van der Waals surface area contributed by atoms with E-state index < -0.39 is 0 Å². The van der Waals surface area contributed by atoms with Crippen molar-refractivity contribution >= 4 is 0 Å². The monoisotopic (exact) mass is 263 g/mol. The molecular weight excluding hydrogens is 238 g/mol. The first-order valence-corrected chi connectivity index (χ1v) is 7.14. The molecule has 1 aromatic heterocycles. The Balaban J connectivity index is 2.04. The van der Waals surface area contributed by atoms with E-state index in [1.54, 1.807) is 0 Å². The number of pyridine rings is 1. The molecule has 2 heterocycles. The molecule has 2 rings (SSSR count). The average molecular weight is 263 g/mol. The van der Waals surface area contributed by atoms with E-state index >= 15 is 0 Å². The predicted molar refractivity (Wildman–Crippen MR) is 77.0 cm³/mol. The van der Waals surface area contributed by atoms with E-state index in [-0.39, 0.29) is 0 Å². The van der Waals surface area contributed by atoms with Crippen molar-refractivity contribution in [2.45, 2.75) is 25.9 Å². The molecule has 19 heavy (non-hydrogen) atoms. The van der Waals surface area contributed by atoms with Crippen molar-refractivity contribution in [3.8, 4) is 0 Å². The number of nitrogens with zero attached hydrogens (tertiary/aromatic N) is 3. The van der Waals surface area contributed by atoms with Gasteiger partial charge in [-0.15, -0.1) is 0 Å². The zero-order chi connectivity index (χ0) is 13.5. The quantitative estimate of drug-likeness (QED) is 0.713. The molecule has 0 amide bonds. The van der Waals surface area contributed by atoms with Gasteiger partial charge >= 0.3 is 0 Å². The third-order valence-corrected chi connectivity index (χ3v) is 3.39. The second-order valence-electron chi connectivity index (χ2n) is 5.42. The zero-order valence-electron chi connectivity index (χ0n) is 12.1. The Morgan fingerprint density at radius 2 is 1.47 bits per heavy atom. The molecule has 1 aromatic rings. The molecular formula is C15H25N3O. The fourth-order valence-corrected chi connectivity index (χ4v) is 2.39. The highest BCUT2D eigenvalue weighted by Gasteiger charge is 2.06. The minimum absolute atomic E-state index is 0.863. The van der Waals surface area contributed by atoms with E-state index in [1.807, 2.05) is 0 Å². The lowest BCUT2D eigenvalue weighted by atomic mass is 10.2. The van der Waals surface area contributed by atoms with E-state index in [9.17, 15) is 0 Å². The van der Waals surface area contributed by atoms with Crippen LogP contribution in [0.25, 0.3) is 0 Å². The van der Waals surface area contributed by atoms with Gasteiger partial charge in [0.25, 0.3) is 0 Å². The molecule has 0 saturated carbocycles. The summed E-state index contributed by atoms with van der Waals surface area (Å²) in [5.41, 5.74) is 2.32. The molecule has 0 aromatic carbocycles. The van der Waals surface area contributed by atoms with Gasteiger partial charge in [-0.25, -0.2) is 0 Å². The number of fused-ring (bicyclic) bond motifs is 2. The SMILES string of the molecule is CN1CCCOCCCN(C)Cc2cccc(n2)C1. The van der Waals surface area contributed by atoms with Gasteiger partial charge in [-0.1, -0.05) is 6.07 Å². The minimum Gasteiger partial charge on any atom is -0.381 e. The van der Waals surface area contributed by atoms with E-state index in [0.29, 0.717) is 0 Å². The molecule has 0 atom stereocenters. The molecule has 0 unspecified atom stereocenters. The second kappa shape index (κ2) is 7.58. The Morgan fingerprint density at radius 3 is 2.00 bits per heavy atom. The van der Waals surface area contributed by atoms with Gasteiger partial charge in [0, 0.05) is 39.4 Å². The van der Waals surface area contributed by atoms with Crippen LogP contribution in [0.2, 0.25) is 0 Å².